The Balaban J connectivity index is 1.68. The van der Waals surface area contributed by atoms with Crippen molar-refractivity contribution >= 4 is 22.5 Å². The summed E-state index contributed by atoms with van der Waals surface area (Å²) in [5.41, 5.74) is 4.53. The highest BCUT2D eigenvalue weighted by Gasteiger charge is 2.19. The molecule has 0 saturated heterocycles. The van der Waals surface area contributed by atoms with Gasteiger partial charge < -0.3 is 15.2 Å². The normalized spacial score (nSPS) is 14.2. The Kier molecular flexibility index (Phi) is 4.01. The molecule has 24 heavy (non-hydrogen) atoms. The number of fused-ring (bicyclic) bond motifs is 3. The molecule has 0 radical (unpaired) electrons. The predicted octanol–water partition coefficient (Wildman–Crippen LogP) is 2.36. The summed E-state index contributed by atoms with van der Waals surface area (Å²) >= 11 is 0. The van der Waals surface area contributed by atoms with Gasteiger partial charge in [0.1, 0.15) is 6.54 Å². The molecule has 122 valence electrons. The molecule has 2 aromatic heterocycles. The van der Waals surface area contributed by atoms with Crippen molar-refractivity contribution < 1.29 is 4.79 Å². The lowest BCUT2D eigenvalue weighted by Crippen LogP contribution is -2.21. The average molecular weight is 320 g/mol. The number of anilines is 1. The van der Waals surface area contributed by atoms with Gasteiger partial charge in [0.05, 0.1) is 11.9 Å². The zero-order valence-electron chi connectivity index (χ0n) is 13.5. The Morgan fingerprint density at radius 2 is 2.04 bits per heavy atom. The van der Waals surface area contributed by atoms with Crippen LogP contribution in [-0.2, 0) is 24.2 Å². The summed E-state index contributed by atoms with van der Waals surface area (Å²) in [5.74, 6) is -0.0243. The fourth-order valence-corrected chi connectivity index (χ4v) is 3.50. The smallest absolute Gasteiger partial charge is 0.244 e. The van der Waals surface area contributed by atoms with Crippen LogP contribution in [0.1, 0.15) is 11.3 Å². The van der Waals surface area contributed by atoms with Crippen LogP contribution in [0.2, 0.25) is 0 Å². The van der Waals surface area contributed by atoms with E-state index in [2.05, 4.69) is 38.4 Å². The van der Waals surface area contributed by atoms with Crippen LogP contribution in [-0.4, -0.2) is 28.5 Å². The molecule has 0 fully saturated rings. The number of nitrogens with one attached hydrogen (secondary N) is 2. The Bertz CT molecular complexity index is 870. The van der Waals surface area contributed by atoms with Crippen molar-refractivity contribution in [3.05, 3.63) is 60.0 Å². The first kappa shape index (κ1) is 14.9. The second-order valence-corrected chi connectivity index (χ2v) is 6.07. The van der Waals surface area contributed by atoms with Gasteiger partial charge in [-0.3, -0.25) is 9.78 Å². The first-order chi connectivity index (χ1) is 11.8. The van der Waals surface area contributed by atoms with Gasteiger partial charge in [-0.1, -0.05) is 18.2 Å². The Morgan fingerprint density at radius 1 is 1.17 bits per heavy atom. The maximum Gasteiger partial charge on any atom is 0.244 e. The number of amides is 1. The van der Waals surface area contributed by atoms with Crippen LogP contribution in [0.4, 0.5) is 5.69 Å². The zero-order chi connectivity index (χ0) is 16.4. The van der Waals surface area contributed by atoms with Crippen LogP contribution < -0.4 is 10.6 Å². The van der Waals surface area contributed by atoms with E-state index in [4.69, 9.17) is 0 Å². The molecule has 1 aliphatic heterocycles. The van der Waals surface area contributed by atoms with Gasteiger partial charge in [0.2, 0.25) is 5.91 Å². The molecule has 3 heterocycles. The van der Waals surface area contributed by atoms with E-state index >= 15 is 0 Å². The van der Waals surface area contributed by atoms with E-state index in [-0.39, 0.29) is 5.91 Å². The number of nitrogens with zero attached hydrogens (tertiary/aromatic N) is 2. The highest BCUT2D eigenvalue weighted by Crippen LogP contribution is 2.28. The maximum absolute atomic E-state index is 12.5. The number of para-hydroxylation sites is 1. The van der Waals surface area contributed by atoms with Gasteiger partial charge in [-0.05, 0) is 36.7 Å². The van der Waals surface area contributed by atoms with Crippen molar-refractivity contribution in [2.24, 2.45) is 0 Å². The summed E-state index contributed by atoms with van der Waals surface area (Å²) in [5, 5.41) is 7.64. The van der Waals surface area contributed by atoms with E-state index in [9.17, 15) is 4.79 Å². The largest absolute Gasteiger partial charge is 0.335 e. The Morgan fingerprint density at radius 3 is 2.92 bits per heavy atom. The fraction of sp³-hybridized carbons (Fsp3) is 0.263. The molecule has 5 heteroatoms. The van der Waals surface area contributed by atoms with Gasteiger partial charge in [0, 0.05) is 35.8 Å². The minimum Gasteiger partial charge on any atom is -0.335 e. The third kappa shape index (κ3) is 2.78. The van der Waals surface area contributed by atoms with Crippen molar-refractivity contribution in [1.29, 1.82) is 0 Å². The van der Waals surface area contributed by atoms with E-state index in [0.717, 1.165) is 37.1 Å². The molecule has 0 aliphatic carbocycles. The number of pyridine rings is 1. The predicted molar refractivity (Wildman–Crippen MR) is 95.1 cm³/mol. The molecule has 5 nitrogen and oxygen atoms in total. The number of carbonyl (C=O) groups excluding carboxylic acids is 1. The van der Waals surface area contributed by atoms with E-state index in [1.165, 1.54) is 16.6 Å². The second kappa shape index (κ2) is 6.45. The van der Waals surface area contributed by atoms with Crippen molar-refractivity contribution in [3.63, 3.8) is 0 Å². The number of hydrogen-bond acceptors (Lipinski definition) is 3. The van der Waals surface area contributed by atoms with Crippen LogP contribution in [0.15, 0.2) is 48.8 Å². The summed E-state index contributed by atoms with van der Waals surface area (Å²) in [7, 11) is 0. The quantitative estimate of drug-likeness (QED) is 0.779. The fourth-order valence-electron chi connectivity index (χ4n) is 3.50. The minimum atomic E-state index is -0.0243. The maximum atomic E-state index is 12.5. The Labute approximate surface area is 140 Å². The van der Waals surface area contributed by atoms with Crippen molar-refractivity contribution in [2.75, 3.05) is 18.4 Å². The lowest BCUT2D eigenvalue weighted by molar-refractivity contribution is -0.116. The number of aromatic nitrogens is 2. The number of carbonyl (C=O) groups is 1. The molecule has 0 spiro atoms. The van der Waals surface area contributed by atoms with Gasteiger partial charge in [-0.2, -0.15) is 0 Å². The van der Waals surface area contributed by atoms with Gasteiger partial charge in [-0.15, -0.1) is 0 Å². The lowest BCUT2D eigenvalue weighted by atomic mass is 10.1. The molecular weight excluding hydrogens is 300 g/mol. The van der Waals surface area contributed by atoms with Gasteiger partial charge in [0.15, 0.2) is 0 Å². The average Bonchev–Trinajstić information content (AvgIpc) is 2.77. The van der Waals surface area contributed by atoms with Gasteiger partial charge in [-0.25, -0.2) is 0 Å². The number of hydrogen-bond donors (Lipinski definition) is 2. The summed E-state index contributed by atoms with van der Waals surface area (Å²) in [6.07, 6.45) is 5.31. The molecule has 0 saturated carbocycles. The molecular formula is C19H20N4O. The van der Waals surface area contributed by atoms with Gasteiger partial charge >= 0.3 is 0 Å². The minimum absolute atomic E-state index is 0.0243. The molecule has 3 aromatic rings. The topological polar surface area (TPSA) is 59.0 Å². The third-order valence-corrected chi connectivity index (χ3v) is 4.53. The van der Waals surface area contributed by atoms with Crippen molar-refractivity contribution in [3.8, 4) is 0 Å². The molecule has 1 aromatic carbocycles. The molecule has 4 rings (SSSR count). The highest BCUT2D eigenvalue weighted by molar-refractivity contribution is 5.93. The monoisotopic (exact) mass is 320 g/mol. The summed E-state index contributed by atoms with van der Waals surface area (Å²) < 4.78 is 2.17. The SMILES string of the molecule is O=C(Cn1c2c(c3ccccc31)CCNCC2)Nc1cccnc1. The molecule has 0 atom stereocenters. The van der Waals surface area contributed by atoms with E-state index < -0.39 is 0 Å². The van der Waals surface area contributed by atoms with E-state index in [1.54, 1.807) is 12.4 Å². The van der Waals surface area contributed by atoms with Crippen LogP contribution in [0, 0.1) is 0 Å². The first-order valence-electron chi connectivity index (χ1n) is 8.32. The van der Waals surface area contributed by atoms with Crippen molar-refractivity contribution in [1.82, 2.24) is 14.9 Å². The lowest BCUT2D eigenvalue weighted by Gasteiger charge is -2.11. The number of rotatable bonds is 3. The molecule has 1 aliphatic rings. The third-order valence-electron chi connectivity index (χ3n) is 4.53. The van der Waals surface area contributed by atoms with Crippen LogP contribution >= 0.6 is 0 Å². The molecule has 1 amide bonds. The summed E-state index contributed by atoms with van der Waals surface area (Å²) in [4.78, 5) is 16.6. The van der Waals surface area contributed by atoms with Crippen molar-refractivity contribution in [2.45, 2.75) is 19.4 Å². The molecule has 0 bridgehead atoms. The van der Waals surface area contributed by atoms with E-state index in [1.807, 2.05) is 18.2 Å². The second-order valence-electron chi connectivity index (χ2n) is 6.07. The molecule has 0 unspecified atom stereocenters. The molecule has 2 N–H and O–H groups in total. The van der Waals surface area contributed by atoms with Crippen LogP contribution in [0.25, 0.3) is 10.9 Å². The Hall–Kier alpha value is -2.66. The van der Waals surface area contributed by atoms with Crippen LogP contribution in [0.3, 0.4) is 0 Å². The van der Waals surface area contributed by atoms with Gasteiger partial charge in [0.25, 0.3) is 0 Å². The summed E-state index contributed by atoms with van der Waals surface area (Å²) in [6.45, 7) is 2.27. The van der Waals surface area contributed by atoms with Crippen LogP contribution in [0.5, 0.6) is 0 Å². The zero-order valence-corrected chi connectivity index (χ0v) is 13.5. The number of benzene rings is 1. The first-order valence-corrected chi connectivity index (χ1v) is 8.32. The summed E-state index contributed by atoms with van der Waals surface area (Å²) in [6, 6.07) is 12.0. The highest BCUT2D eigenvalue weighted by atomic mass is 16.1. The standard InChI is InChI=1S/C19H20N4O/c24-19(22-14-4-3-9-21-12-14)13-23-17-6-2-1-5-15(17)16-7-10-20-11-8-18(16)23/h1-6,9,12,20H,7-8,10-11,13H2,(H,22,24). The van der Waals surface area contributed by atoms with E-state index in [0.29, 0.717) is 6.54 Å².